The third-order valence-electron chi connectivity index (χ3n) is 4.61. The molecule has 2 nitrogen and oxygen atoms in total. The fourth-order valence-corrected chi connectivity index (χ4v) is 3.26. The van der Waals surface area contributed by atoms with Gasteiger partial charge in [-0.1, -0.05) is 6.07 Å². The van der Waals surface area contributed by atoms with Crippen LogP contribution in [0.1, 0.15) is 42.9 Å². The van der Waals surface area contributed by atoms with E-state index in [1.165, 1.54) is 48.8 Å². The molecule has 1 fully saturated rings. The van der Waals surface area contributed by atoms with Crippen LogP contribution < -0.4 is 10.5 Å². The predicted molar refractivity (Wildman–Crippen MR) is 69.6 cm³/mol. The Morgan fingerprint density at radius 1 is 1.24 bits per heavy atom. The van der Waals surface area contributed by atoms with Gasteiger partial charge in [0.05, 0.1) is 7.11 Å². The van der Waals surface area contributed by atoms with Crippen molar-refractivity contribution in [2.45, 2.75) is 50.5 Å². The number of hydrogen-bond acceptors (Lipinski definition) is 2. The summed E-state index contributed by atoms with van der Waals surface area (Å²) >= 11 is 0. The maximum Gasteiger partial charge on any atom is 0.122 e. The van der Waals surface area contributed by atoms with E-state index in [4.69, 9.17) is 10.5 Å². The zero-order valence-corrected chi connectivity index (χ0v) is 10.8. The van der Waals surface area contributed by atoms with Gasteiger partial charge in [0.2, 0.25) is 0 Å². The number of hydrogen-bond donors (Lipinski definition) is 1. The van der Waals surface area contributed by atoms with E-state index in [9.17, 15) is 0 Å². The summed E-state index contributed by atoms with van der Waals surface area (Å²) in [5.74, 6) is 1.06. The van der Waals surface area contributed by atoms with Gasteiger partial charge in [-0.25, -0.2) is 0 Å². The first-order valence-corrected chi connectivity index (χ1v) is 6.63. The SMILES string of the molecule is COc1cc2c(cc1C1(C(C)N)CC1)CCC2. The van der Waals surface area contributed by atoms with Crippen LogP contribution in [0.2, 0.25) is 0 Å². The van der Waals surface area contributed by atoms with E-state index in [0.29, 0.717) is 0 Å². The van der Waals surface area contributed by atoms with E-state index in [1.807, 2.05) is 0 Å². The van der Waals surface area contributed by atoms with E-state index in [1.54, 1.807) is 7.11 Å². The van der Waals surface area contributed by atoms with Crippen molar-refractivity contribution >= 4 is 0 Å². The van der Waals surface area contributed by atoms with Gasteiger partial charge in [0.15, 0.2) is 0 Å². The summed E-state index contributed by atoms with van der Waals surface area (Å²) in [6, 6.07) is 4.84. The van der Waals surface area contributed by atoms with Crippen LogP contribution in [0.4, 0.5) is 0 Å². The summed E-state index contributed by atoms with van der Waals surface area (Å²) in [7, 11) is 1.78. The van der Waals surface area contributed by atoms with Crippen LogP contribution in [0.15, 0.2) is 12.1 Å². The smallest absolute Gasteiger partial charge is 0.122 e. The lowest BCUT2D eigenvalue weighted by atomic mass is 9.87. The molecule has 0 aliphatic heterocycles. The van der Waals surface area contributed by atoms with Crippen LogP contribution in [-0.4, -0.2) is 13.2 Å². The average Bonchev–Trinajstić information content (AvgIpc) is 3.01. The highest BCUT2D eigenvalue weighted by Gasteiger charge is 2.49. The van der Waals surface area contributed by atoms with E-state index < -0.39 is 0 Å². The quantitative estimate of drug-likeness (QED) is 0.867. The fourth-order valence-electron chi connectivity index (χ4n) is 3.26. The molecule has 0 amide bonds. The summed E-state index contributed by atoms with van der Waals surface area (Å²) in [4.78, 5) is 0. The summed E-state index contributed by atoms with van der Waals surface area (Å²) in [6.45, 7) is 2.12. The molecule has 1 saturated carbocycles. The zero-order valence-electron chi connectivity index (χ0n) is 10.8. The molecule has 92 valence electrons. The van der Waals surface area contributed by atoms with Gasteiger partial charge in [0.25, 0.3) is 0 Å². The topological polar surface area (TPSA) is 35.2 Å². The van der Waals surface area contributed by atoms with Crippen molar-refractivity contribution in [3.05, 3.63) is 28.8 Å². The molecule has 1 atom stereocenters. The minimum Gasteiger partial charge on any atom is -0.496 e. The molecule has 0 saturated heterocycles. The molecule has 2 heteroatoms. The Balaban J connectivity index is 2.10. The Labute approximate surface area is 103 Å². The highest BCUT2D eigenvalue weighted by molar-refractivity contribution is 5.51. The lowest BCUT2D eigenvalue weighted by Crippen LogP contribution is -2.32. The second kappa shape index (κ2) is 3.74. The largest absolute Gasteiger partial charge is 0.496 e. The predicted octanol–water partition coefficient (Wildman–Crippen LogP) is 2.56. The van der Waals surface area contributed by atoms with Crippen molar-refractivity contribution in [1.82, 2.24) is 0 Å². The number of fused-ring (bicyclic) bond motifs is 1. The van der Waals surface area contributed by atoms with Gasteiger partial charge >= 0.3 is 0 Å². The Kier molecular flexibility index (Phi) is 2.44. The third kappa shape index (κ3) is 1.58. The summed E-state index contributed by atoms with van der Waals surface area (Å²) < 4.78 is 5.59. The van der Waals surface area contributed by atoms with E-state index in [0.717, 1.165) is 5.75 Å². The maximum absolute atomic E-state index is 6.18. The van der Waals surface area contributed by atoms with Crippen LogP contribution >= 0.6 is 0 Å². The maximum atomic E-state index is 6.18. The molecule has 2 aliphatic carbocycles. The van der Waals surface area contributed by atoms with Crippen molar-refractivity contribution in [3.63, 3.8) is 0 Å². The number of methoxy groups -OCH3 is 1. The third-order valence-corrected chi connectivity index (χ3v) is 4.61. The normalized spacial score (nSPS) is 22.1. The molecule has 0 aromatic heterocycles. The molecule has 2 aliphatic rings. The Morgan fingerprint density at radius 3 is 2.41 bits per heavy atom. The zero-order chi connectivity index (χ0) is 12.0. The van der Waals surface area contributed by atoms with Crippen LogP contribution in [-0.2, 0) is 18.3 Å². The molecule has 1 aromatic rings. The number of nitrogens with two attached hydrogens (primary N) is 1. The molecule has 0 radical (unpaired) electrons. The summed E-state index contributed by atoms with van der Waals surface area (Å²) in [5.41, 5.74) is 10.7. The fraction of sp³-hybridized carbons (Fsp3) is 0.600. The van der Waals surface area contributed by atoms with Gasteiger partial charge in [-0.05, 0) is 56.2 Å². The van der Waals surface area contributed by atoms with Crippen molar-refractivity contribution in [3.8, 4) is 5.75 Å². The molecule has 17 heavy (non-hydrogen) atoms. The summed E-state index contributed by atoms with van der Waals surface area (Å²) in [6.07, 6.45) is 6.13. The van der Waals surface area contributed by atoms with E-state index in [-0.39, 0.29) is 11.5 Å². The minimum atomic E-state index is 0.197. The molecule has 0 spiro atoms. The first-order valence-electron chi connectivity index (χ1n) is 6.63. The standard InChI is InChI=1S/C15H21NO/c1-10(16)15(6-7-15)13-8-11-4-3-5-12(11)9-14(13)17-2/h8-10H,3-7,16H2,1-2H3. The lowest BCUT2D eigenvalue weighted by molar-refractivity contribution is 0.398. The molecule has 2 N–H and O–H groups in total. The number of ether oxygens (including phenoxy) is 1. The van der Waals surface area contributed by atoms with E-state index >= 15 is 0 Å². The highest BCUT2D eigenvalue weighted by atomic mass is 16.5. The lowest BCUT2D eigenvalue weighted by Gasteiger charge is -2.23. The number of rotatable bonds is 3. The van der Waals surface area contributed by atoms with Gasteiger partial charge in [0.1, 0.15) is 5.75 Å². The van der Waals surface area contributed by atoms with Crippen molar-refractivity contribution in [2.24, 2.45) is 5.73 Å². The van der Waals surface area contributed by atoms with Gasteiger partial charge in [0, 0.05) is 17.0 Å². The summed E-state index contributed by atoms with van der Waals surface area (Å²) in [5, 5.41) is 0. The number of aryl methyl sites for hydroxylation is 2. The van der Waals surface area contributed by atoms with Gasteiger partial charge in [-0.2, -0.15) is 0 Å². The molecule has 0 bridgehead atoms. The Morgan fingerprint density at radius 2 is 1.88 bits per heavy atom. The second-order valence-electron chi connectivity index (χ2n) is 5.62. The molecule has 1 unspecified atom stereocenters. The van der Waals surface area contributed by atoms with Crippen LogP contribution in [0.3, 0.4) is 0 Å². The van der Waals surface area contributed by atoms with Gasteiger partial charge in [-0.3, -0.25) is 0 Å². The highest BCUT2D eigenvalue weighted by Crippen LogP contribution is 2.54. The molecule has 3 rings (SSSR count). The monoisotopic (exact) mass is 231 g/mol. The van der Waals surface area contributed by atoms with Gasteiger partial charge < -0.3 is 10.5 Å². The van der Waals surface area contributed by atoms with Crippen LogP contribution in [0.5, 0.6) is 5.75 Å². The molecular weight excluding hydrogens is 210 g/mol. The van der Waals surface area contributed by atoms with Crippen molar-refractivity contribution < 1.29 is 4.74 Å². The molecule has 0 heterocycles. The second-order valence-corrected chi connectivity index (χ2v) is 5.62. The Bertz CT molecular complexity index is 446. The van der Waals surface area contributed by atoms with Crippen molar-refractivity contribution in [2.75, 3.05) is 7.11 Å². The first-order chi connectivity index (χ1) is 8.17. The molecular formula is C15H21NO. The number of benzene rings is 1. The van der Waals surface area contributed by atoms with Crippen molar-refractivity contribution in [1.29, 1.82) is 0 Å². The average molecular weight is 231 g/mol. The van der Waals surface area contributed by atoms with Gasteiger partial charge in [-0.15, -0.1) is 0 Å². The van der Waals surface area contributed by atoms with E-state index in [2.05, 4.69) is 19.1 Å². The van der Waals surface area contributed by atoms with Crippen LogP contribution in [0, 0.1) is 0 Å². The first kappa shape index (κ1) is 11.1. The Hall–Kier alpha value is -1.02. The van der Waals surface area contributed by atoms with Crippen LogP contribution in [0.25, 0.3) is 0 Å². The minimum absolute atomic E-state index is 0.197. The molecule has 1 aromatic carbocycles.